The highest BCUT2D eigenvalue weighted by Gasteiger charge is 2.16. The zero-order valence-corrected chi connectivity index (χ0v) is 12.9. The van der Waals surface area contributed by atoms with E-state index in [2.05, 4.69) is 42.1 Å². The van der Waals surface area contributed by atoms with Crippen LogP contribution >= 0.6 is 0 Å². The molecule has 0 atom stereocenters. The molecular weight excluding hydrogens is 260 g/mol. The molecule has 21 heavy (non-hydrogen) atoms. The number of nitrogens with one attached hydrogen (secondary N) is 2. The van der Waals surface area contributed by atoms with Crippen LogP contribution in [0, 0.1) is 6.92 Å². The number of nitrogens with zero attached hydrogens (tertiary/aromatic N) is 2. The summed E-state index contributed by atoms with van der Waals surface area (Å²) in [5.74, 6) is 1.60. The predicted octanol–water partition coefficient (Wildman–Crippen LogP) is 4.14. The molecule has 0 unspecified atom stereocenters. The van der Waals surface area contributed by atoms with E-state index in [4.69, 9.17) is 4.98 Å². The van der Waals surface area contributed by atoms with Gasteiger partial charge in [0.15, 0.2) is 5.82 Å². The van der Waals surface area contributed by atoms with Crippen molar-refractivity contribution in [3.63, 3.8) is 0 Å². The van der Waals surface area contributed by atoms with Gasteiger partial charge in [0.2, 0.25) is 0 Å². The second-order valence-corrected chi connectivity index (χ2v) is 6.35. The largest absolute Gasteiger partial charge is 0.365 e. The van der Waals surface area contributed by atoms with E-state index in [0.29, 0.717) is 0 Å². The SMILES string of the molecule is Cc1cc2c(NC(C)(C)C)nc(-c3ccccc3)nc2[nH]1. The van der Waals surface area contributed by atoms with E-state index in [1.165, 1.54) is 0 Å². The molecule has 4 heteroatoms. The molecule has 0 aliphatic rings. The first-order valence-electron chi connectivity index (χ1n) is 7.13. The van der Waals surface area contributed by atoms with E-state index in [-0.39, 0.29) is 5.54 Å². The summed E-state index contributed by atoms with van der Waals surface area (Å²) in [6.07, 6.45) is 0. The normalized spacial score (nSPS) is 11.8. The summed E-state index contributed by atoms with van der Waals surface area (Å²) in [5.41, 5.74) is 2.92. The molecule has 0 aliphatic carbocycles. The van der Waals surface area contributed by atoms with Gasteiger partial charge < -0.3 is 10.3 Å². The zero-order chi connectivity index (χ0) is 15.0. The van der Waals surface area contributed by atoms with Gasteiger partial charge in [0.1, 0.15) is 11.5 Å². The van der Waals surface area contributed by atoms with Gasteiger partial charge in [-0.25, -0.2) is 9.97 Å². The van der Waals surface area contributed by atoms with Crippen molar-refractivity contribution in [2.75, 3.05) is 5.32 Å². The van der Waals surface area contributed by atoms with Crippen LogP contribution in [0.1, 0.15) is 26.5 Å². The Kier molecular flexibility index (Phi) is 3.16. The third-order valence-electron chi connectivity index (χ3n) is 3.15. The number of aromatic amines is 1. The van der Waals surface area contributed by atoms with E-state index in [1.807, 2.05) is 37.3 Å². The fourth-order valence-electron chi connectivity index (χ4n) is 2.31. The van der Waals surface area contributed by atoms with Gasteiger partial charge in [-0.3, -0.25) is 0 Å². The first-order chi connectivity index (χ1) is 9.92. The van der Waals surface area contributed by atoms with Crippen LogP contribution in [0.25, 0.3) is 22.4 Å². The molecule has 1 aromatic carbocycles. The molecule has 0 bridgehead atoms. The van der Waals surface area contributed by atoms with Gasteiger partial charge in [-0.2, -0.15) is 0 Å². The van der Waals surface area contributed by atoms with Gasteiger partial charge in [0.05, 0.1) is 5.39 Å². The first kappa shape index (κ1) is 13.6. The minimum atomic E-state index is -0.0551. The summed E-state index contributed by atoms with van der Waals surface area (Å²) < 4.78 is 0. The van der Waals surface area contributed by atoms with Gasteiger partial charge in [-0.15, -0.1) is 0 Å². The highest BCUT2D eigenvalue weighted by molar-refractivity contribution is 5.89. The Morgan fingerprint density at radius 2 is 1.76 bits per heavy atom. The lowest BCUT2D eigenvalue weighted by molar-refractivity contribution is 0.631. The Morgan fingerprint density at radius 1 is 1.05 bits per heavy atom. The summed E-state index contributed by atoms with van der Waals surface area (Å²) in [4.78, 5) is 12.7. The van der Waals surface area contributed by atoms with Gasteiger partial charge in [0, 0.05) is 16.8 Å². The van der Waals surface area contributed by atoms with Crippen molar-refractivity contribution in [1.82, 2.24) is 15.0 Å². The maximum Gasteiger partial charge on any atom is 0.163 e. The van der Waals surface area contributed by atoms with Crippen LogP contribution in [-0.4, -0.2) is 20.5 Å². The Bertz CT molecular complexity index is 767. The molecule has 0 amide bonds. The van der Waals surface area contributed by atoms with Crippen molar-refractivity contribution < 1.29 is 0 Å². The molecule has 0 spiro atoms. The molecule has 2 N–H and O–H groups in total. The molecular formula is C17H20N4. The summed E-state index contributed by atoms with van der Waals surface area (Å²) in [5, 5.41) is 4.51. The van der Waals surface area contributed by atoms with Gasteiger partial charge in [0.25, 0.3) is 0 Å². The molecule has 3 rings (SSSR count). The van der Waals surface area contributed by atoms with Crippen molar-refractivity contribution in [2.45, 2.75) is 33.2 Å². The number of fused-ring (bicyclic) bond motifs is 1. The molecule has 2 heterocycles. The first-order valence-corrected chi connectivity index (χ1v) is 7.13. The van der Waals surface area contributed by atoms with Crippen molar-refractivity contribution >= 4 is 16.9 Å². The maximum absolute atomic E-state index is 4.73. The Hall–Kier alpha value is -2.36. The number of benzene rings is 1. The third kappa shape index (κ3) is 2.89. The monoisotopic (exact) mass is 280 g/mol. The Morgan fingerprint density at radius 3 is 2.43 bits per heavy atom. The lowest BCUT2D eigenvalue weighted by atomic mass is 10.1. The molecule has 2 aromatic heterocycles. The van der Waals surface area contributed by atoms with Crippen LogP contribution in [0.15, 0.2) is 36.4 Å². The summed E-state index contributed by atoms with van der Waals surface area (Å²) >= 11 is 0. The van der Waals surface area contributed by atoms with Crippen LogP contribution in [0.2, 0.25) is 0 Å². The number of aryl methyl sites for hydroxylation is 1. The van der Waals surface area contributed by atoms with Gasteiger partial charge in [-0.1, -0.05) is 30.3 Å². The smallest absolute Gasteiger partial charge is 0.163 e. The van der Waals surface area contributed by atoms with Crippen molar-refractivity contribution in [1.29, 1.82) is 0 Å². The molecule has 0 fully saturated rings. The summed E-state index contributed by atoms with van der Waals surface area (Å²) in [6, 6.07) is 12.1. The maximum atomic E-state index is 4.73. The van der Waals surface area contributed by atoms with E-state index in [0.717, 1.165) is 33.9 Å². The van der Waals surface area contributed by atoms with Gasteiger partial charge >= 0.3 is 0 Å². The van der Waals surface area contributed by atoms with Crippen LogP contribution in [0.3, 0.4) is 0 Å². The predicted molar refractivity (Wildman–Crippen MR) is 87.4 cm³/mol. The fourth-order valence-corrected chi connectivity index (χ4v) is 2.31. The fraction of sp³-hybridized carbons (Fsp3) is 0.294. The molecule has 0 radical (unpaired) electrons. The van der Waals surface area contributed by atoms with Crippen LogP contribution in [0.5, 0.6) is 0 Å². The average Bonchev–Trinajstić information content (AvgIpc) is 2.79. The lowest BCUT2D eigenvalue weighted by Gasteiger charge is -2.22. The molecule has 0 saturated carbocycles. The number of hydrogen-bond donors (Lipinski definition) is 2. The topological polar surface area (TPSA) is 53.6 Å². The van der Waals surface area contributed by atoms with Gasteiger partial charge in [-0.05, 0) is 33.8 Å². The quantitative estimate of drug-likeness (QED) is 0.741. The molecule has 4 nitrogen and oxygen atoms in total. The summed E-state index contributed by atoms with van der Waals surface area (Å²) in [7, 11) is 0. The zero-order valence-electron chi connectivity index (χ0n) is 12.9. The van der Waals surface area contributed by atoms with Crippen molar-refractivity contribution in [3.05, 3.63) is 42.1 Å². The second-order valence-electron chi connectivity index (χ2n) is 6.35. The number of hydrogen-bond acceptors (Lipinski definition) is 3. The van der Waals surface area contributed by atoms with Crippen LogP contribution in [0.4, 0.5) is 5.82 Å². The van der Waals surface area contributed by atoms with E-state index in [1.54, 1.807) is 0 Å². The van der Waals surface area contributed by atoms with E-state index >= 15 is 0 Å². The lowest BCUT2D eigenvalue weighted by Crippen LogP contribution is -2.27. The van der Waals surface area contributed by atoms with Crippen LogP contribution < -0.4 is 5.32 Å². The second kappa shape index (κ2) is 4.88. The summed E-state index contributed by atoms with van der Waals surface area (Å²) in [6.45, 7) is 8.42. The van der Waals surface area contributed by atoms with Crippen molar-refractivity contribution in [2.24, 2.45) is 0 Å². The number of rotatable bonds is 2. The molecule has 3 aromatic rings. The molecule has 0 saturated heterocycles. The minimum absolute atomic E-state index is 0.0551. The number of anilines is 1. The number of H-pyrrole nitrogens is 1. The standard InChI is InChI=1S/C17H20N4/c1-11-10-13-15(18-11)19-14(12-8-6-5-7-9-12)20-16(13)21-17(2,3)4/h5-10H,1-4H3,(H2,18,19,20,21). The van der Waals surface area contributed by atoms with Crippen LogP contribution in [-0.2, 0) is 0 Å². The number of aromatic nitrogens is 3. The molecule has 108 valence electrons. The highest BCUT2D eigenvalue weighted by Crippen LogP contribution is 2.27. The average molecular weight is 280 g/mol. The Balaban J connectivity index is 2.19. The highest BCUT2D eigenvalue weighted by atomic mass is 15.1. The van der Waals surface area contributed by atoms with E-state index < -0.39 is 0 Å². The third-order valence-corrected chi connectivity index (χ3v) is 3.15. The Labute approximate surface area is 124 Å². The van der Waals surface area contributed by atoms with Crippen molar-refractivity contribution in [3.8, 4) is 11.4 Å². The van der Waals surface area contributed by atoms with E-state index in [9.17, 15) is 0 Å². The minimum Gasteiger partial charge on any atom is -0.365 e. The molecule has 0 aliphatic heterocycles.